The van der Waals surface area contributed by atoms with Crippen LogP contribution in [0, 0.1) is 0 Å². The molecule has 2 aromatic carbocycles. The quantitative estimate of drug-likeness (QED) is 0.366. The van der Waals surface area contributed by atoms with Gasteiger partial charge in [-0.2, -0.15) is 0 Å². The lowest BCUT2D eigenvalue weighted by Gasteiger charge is -2.25. The molecule has 2 heterocycles. The summed E-state index contributed by atoms with van der Waals surface area (Å²) in [5.74, 6) is -1.13. The predicted octanol–water partition coefficient (Wildman–Crippen LogP) is 4.37. The number of halogens is 1. The van der Waals surface area contributed by atoms with Crippen molar-refractivity contribution in [2.45, 2.75) is 12.6 Å². The third kappa shape index (κ3) is 4.02. The van der Waals surface area contributed by atoms with Crippen LogP contribution in [0.15, 0.2) is 78.6 Å². The van der Waals surface area contributed by atoms with Gasteiger partial charge < -0.3 is 14.7 Å². The number of ketones is 1. The summed E-state index contributed by atoms with van der Waals surface area (Å²) in [6.07, 6.45) is 3.25. The molecular weight excluding hydrogens is 416 g/mol. The second kappa shape index (κ2) is 8.62. The van der Waals surface area contributed by atoms with Crippen LogP contribution in [0.3, 0.4) is 0 Å². The number of methoxy groups -OCH3 is 1. The highest BCUT2D eigenvalue weighted by molar-refractivity contribution is 6.46. The lowest BCUT2D eigenvalue weighted by Crippen LogP contribution is -2.29. The Labute approximate surface area is 184 Å². The van der Waals surface area contributed by atoms with Gasteiger partial charge in [-0.25, -0.2) is 0 Å². The number of hydrogen-bond acceptors (Lipinski definition) is 5. The summed E-state index contributed by atoms with van der Waals surface area (Å²) in [7, 11) is 1.54. The molecule has 0 spiro atoms. The molecule has 1 aliphatic rings. The van der Waals surface area contributed by atoms with Crippen molar-refractivity contribution in [3.63, 3.8) is 0 Å². The molecule has 0 bridgehead atoms. The number of aliphatic hydroxyl groups excluding tert-OH is 1. The van der Waals surface area contributed by atoms with Gasteiger partial charge in [-0.15, -0.1) is 0 Å². The smallest absolute Gasteiger partial charge is 0.295 e. The summed E-state index contributed by atoms with van der Waals surface area (Å²) in [4.78, 5) is 31.5. The van der Waals surface area contributed by atoms with E-state index in [0.29, 0.717) is 21.9 Å². The first-order chi connectivity index (χ1) is 15.0. The topological polar surface area (TPSA) is 79.7 Å². The van der Waals surface area contributed by atoms with Crippen LogP contribution in [0.1, 0.15) is 22.7 Å². The maximum absolute atomic E-state index is 13.1. The average Bonchev–Trinajstić information content (AvgIpc) is 3.04. The minimum atomic E-state index is -0.790. The number of aromatic nitrogens is 1. The molecule has 1 saturated heterocycles. The van der Waals surface area contributed by atoms with Crippen LogP contribution in [-0.2, 0) is 16.1 Å². The number of nitrogens with zero attached hydrogens (tertiary/aromatic N) is 2. The third-order valence-electron chi connectivity index (χ3n) is 5.15. The molecule has 0 aliphatic carbocycles. The molecule has 3 aromatic rings. The monoisotopic (exact) mass is 434 g/mol. The second-order valence-corrected chi connectivity index (χ2v) is 7.51. The lowest BCUT2D eigenvalue weighted by molar-refractivity contribution is -0.140. The molecule has 7 heteroatoms. The number of carbonyl (C=O) groups excluding carboxylic acids is 2. The predicted molar refractivity (Wildman–Crippen MR) is 117 cm³/mol. The molecule has 1 atom stereocenters. The van der Waals surface area contributed by atoms with Gasteiger partial charge in [-0.1, -0.05) is 35.9 Å². The van der Waals surface area contributed by atoms with Crippen molar-refractivity contribution in [1.82, 2.24) is 9.88 Å². The lowest BCUT2D eigenvalue weighted by atomic mass is 9.95. The zero-order chi connectivity index (χ0) is 22.0. The van der Waals surface area contributed by atoms with Gasteiger partial charge in [0.05, 0.1) is 18.7 Å². The van der Waals surface area contributed by atoms with Gasteiger partial charge in [0.25, 0.3) is 11.7 Å². The standard InChI is InChI=1S/C24H19ClN2O4/c1-31-19-7-3-4-16(13-19)21-20(22(28)17-5-2-6-18(25)12-17)23(29)24(30)27(21)14-15-8-10-26-11-9-15/h2-13,21,28H,14H2,1H3/b22-20-. The van der Waals surface area contributed by atoms with E-state index in [2.05, 4.69) is 4.98 Å². The molecule has 1 unspecified atom stereocenters. The Morgan fingerprint density at radius 2 is 1.84 bits per heavy atom. The van der Waals surface area contributed by atoms with Crippen LogP contribution in [-0.4, -0.2) is 33.8 Å². The molecule has 6 nitrogen and oxygen atoms in total. The van der Waals surface area contributed by atoms with Gasteiger partial charge in [0.15, 0.2) is 0 Å². The van der Waals surface area contributed by atoms with Gasteiger partial charge in [0, 0.05) is 29.5 Å². The van der Waals surface area contributed by atoms with Crippen LogP contribution >= 0.6 is 11.6 Å². The minimum absolute atomic E-state index is 0.00887. The van der Waals surface area contributed by atoms with Crippen LogP contribution in [0.5, 0.6) is 5.75 Å². The van der Waals surface area contributed by atoms with Crippen molar-refractivity contribution in [1.29, 1.82) is 0 Å². The molecule has 1 fully saturated rings. The average molecular weight is 435 g/mol. The van der Waals surface area contributed by atoms with Gasteiger partial charge >= 0.3 is 0 Å². The molecule has 1 aliphatic heterocycles. The summed E-state index contributed by atoms with van der Waals surface area (Å²) in [5.41, 5.74) is 1.83. The number of carbonyl (C=O) groups is 2. The van der Waals surface area contributed by atoms with Crippen molar-refractivity contribution in [2.75, 3.05) is 7.11 Å². The Kier molecular flexibility index (Phi) is 5.73. The molecule has 1 N–H and O–H groups in total. The number of amides is 1. The fourth-order valence-electron chi connectivity index (χ4n) is 3.68. The van der Waals surface area contributed by atoms with E-state index in [1.54, 1.807) is 80.2 Å². The molecule has 0 saturated carbocycles. The molecule has 1 aromatic heterocycles. The zero-order valence-electron chi connectivity index (χ0n) is 16.7. The number of ether oxygens (including phenoxy) is 1. The highest BCUT2D eigenvalue weighted by Crippen LogP contribution is 2.41. The fourth-order valence-corrected chi connectivity index (χ4v) is 3.87. The van der Waals surface area contributed by atoms with Crippen molar-refractivity contribution < 1.29 is 19.4 Å². The van der Waals surface area contributed by atoms with E-state index in [9.17, 15) is 14.7 Å². The second-order valence-electron chi connectivity index (χ2n) is 7.07. The van der Waals surface area contributed by atoms with Gasteiger partial charge in [-0.3, -0.25) is 14.6 Å². The first-order valence-electron chi connectivity index (χ1n) is 9.57. The third-order valence-corrected chi connectivity index (χ3v) is 5.38. The van der Waals surface area contributed by atoms with E-state index in [1.807, 2.05) is 0 Å². The van der Waals surface area contributed by atoms with Crippen molar-refractivity contribution in [2.24, 2.45) is 0 Å². The first kappa shape index (κ1) is 20.6. The van der Waals surface area contributed by atoms with E-state index in [-0.39, 0.29) is 17.9 Å². The van der Waals surface area contributed by atoms with E-state index < -0.39 is 17.7 Å². The zero-order valence-corrected chi connectivity index (χ0v) is 17.4. The van der Waals surface area contributed by atoms with E-state index in [0.717, 1.165) is 5.56 Å². The van der Waals surface area contributed by atoms with Crippen LogP contribution < -0.4 is 4.74 Å². The number of likely N-dealkylation sites (tertiary alicyclic amines) is 1. The van der Waals surface area contributed by atoms with Gasteiger partial charge in [0.2, 0.25) is 0 Å². The highest BCUT2D eigenvalue weighted by Gasteiger charge is 2.46. The summed E-state index contributed by atoms with van der Waals surface area (Å²) in [6, 6.07) is 16.4. The Bertz CT molecular complexity index is 1180. The molecule has 31 heavy (non-hydrogen) atoms. The SMILES string of the molecule is COc1cccc(C2/C(=C(/O)c3cccc(Cl)c3)C(=O)C(=O)N2Cc2ccncc2)c1. The largest absolute Gasteiger partial charge is 0.507 e. The molecule has 1 amide bonds. The first-order valence-corrected chi connectivity index (χ1v) is 9.94. The highest BCUT2D eigenvalue weighted by atomic mass is 35.5. The maximum atomic E-state index is 13.1. The molecule has 0 radical (unpaired) electrons. The number of benzene rings is 2. The number of Topliss-reactive ketones (excluding diaryl/α,β-unsaturated/α-hetero) is 1. The Morgan fingerprint density at radius 1 is 1.10 bits per heavy atom. The van der Waals surface area contributed by atoms with Crippen LogP contribution in [0.25, 0.3) is 5.76 Å². The number of rotatable bonds is 5. The number of aliphatic hydroxyl groups is 1. The molecular formula is C24H19ClN2O4. The Balaban J connectivity index is 1.88. The normalized spacial score (nSPS) is 17.7. The van der Waals surface area contributed by atoms with Crippen molar-refractivity contribution in [3.05, 3.63) is 100 Å². The maximum Gasteiger partial charge on any atom is 0.295 e. The summed E-state index contributed by atoms with van der Waals surface area (Å²) < 4.78 is 5.33. The van der Waals surface area contributed by atoms with E-state index >= 15 is 0 Å². The van der Waals surface area contributed by atoms with E-state index in [1.165, 1.54) is 4.90 Å². The van der Waals surface area contributed by atoms with Gasteiger partial charge in [-0.05, 0) is 47.5 Å². The fraction of sp³-hybridized carbons (Fsp3) is 0.125. The molecule has 4 rings (SSSR count). The summed E-state index contributed by atoms with van der Waals surface area (Å²) in [6.45, 7) is 0.182. The van der Waals surface area contributed by atoms with E-state index in [4.69, 9.17) is 16.3 Å². The van der Waals surface area contributed by atoms with Gasteiger partial charge in [0.1, 0.15) is 11.5 Å². The van der Waals surface area contributed by atoms with Crippen molar-refractivity contribution in [3.8, 4) is 5.75 Å². The number of pyridine rings is 1. The van der Waals surface area contributed by atoms with Crippen LogP contribution in [0.4, 0.5) is 0 Å². The Hall–Kier alpha value is -3.64. The van der Waals surface area contributed by atoms with Crippen LogP contribution in [0.2, 0.25) is 5.02 Å². The minimum Gasteiger partial charge on any atom is -0.507 e. The summed E-state index contributed by atoms with van der Waals surface area (Å²) in [5, 5.41) is 11.5. The molecule has 156 valence electrons. The Morgan fingerprint density at radius 3 is 2.55 bits per heavy atom. The summed E-state index contributed by atoms with van der Waals surface area (Å²) >= 11 is 6.07. The number of hydrogen-bond donors (Lipinski definition) is 1. The van der Waals surface area contributed by atoms with Crippen molar-refractivity contribution >= 4 is 29.1 Å².